The predicted octanol–water partition coefficient (Wildman–Crippen LogP) is 2.17. The number of hydrogen-bond donors (Lipinski definition) is 2. The molecule has 0 amide bonds. The highest BCUT2D eigenvalue weighted by Crippen LogP contribution is 2.23. The second-order valence-corrected chi connectivity index (χ2v) is 6.19. The molecule has 0 unspecified atom stereocenters. The Balaban J connectivity index is 1.50. The van der Waals surface area contributed by atoms with Gasteiger partial charge in [-0.25, -0.2) is 9.37 Å². The molecule has 0 aliphatic carbocycles. The first kappa shape index (κ1) is 13.7. The molecule has 1 fully saturated rings. The highest BCUT2D eigenvalue weighted by Gasteiger charge is 2.31. The summed E-state index contributed by atoms with van der Waals surface area (Å²) >= 11 is 1.74. The molecule has 0 saturated carbocycles. The molecular weight excluding hydrogens is 275 g/mol. The van der Waals surface area contributed by atoms with Crippen LogP contribution >= 0.6 is 11.3 Å². The predicted molar refractivity (Wildman–Crippen MR) is 78.3 cm³/mol. The number of alkyl halides is 1. The summed E-state index contributed by atoms with van der Waals surface area (Å²) in [6, 6.07) is 4.43. The molecule has 2 atom stereocenters. The summed E-state index contributed by atoms with van der Waals surface area (Å²) in [5.41, 5.74) is 0. The van der Waals surface area contributed by atoms with Gasteiger partial charge in [-0.15, -0.1) is 11.3 Å². The molecule has 3 heterocycles. The topological polar surface area (TPSA) is 44.0 Å². The third kappa shape index (κ3) is 3.45. The standard InChI is InChI=1S/C14H19FN4S/c15-11-6-12(7-16-8-14-17-3-4-18-14)19(9-11)10-13-2-1-5-20-13/h1-5,11-12,16H,6-10H2,(H,17,18)/t11-,12-/m0/s1. The Kier molecular flexibility index (Phi) is 4.44. The average Bonchev–Trinajstić information content (AvgIpc) is 3.13. The zero-order valence-electron chi connectivity index (χ0n) is 11.3. The number of likely N-dealkylation sites (tertiary alicyclic amines) is 1. The summed E-state index contributed by atoms with van der Waals surface area (Å²) in [6.07, 6.45) is 3.47. The fourth-order valence-electron chi connectivity index (χ4n) is 2.68. The summed E-state index contributed by atoms with van der Waals surface area (Å²) in [5, 5.41) is 5.43. The molecule has 4 nitrogen and oxygen atoms in total. The number of aromatic nitrogens is 2. The second kappa shape index (κ2) is 6.47. The van der Waals surface area contributed by atoms with Crippen LogP contribution in [0.5, 0.6) is 0 Å². The monoisotopic (exact) mass is 294 g/mol. The van der Waals surface area contributed by atoms with Gasteiger partial charge in [-0.1, -0.05) is 6.07 Å². The van der Waals surface area contributed by atoms with Gasteiger partial charge >= 0.3 is 0 Å². The van der Waals surface area contributed by atoms with Crippen molar-refractivity contribution in [3.8, 4) is 0 Å². The van der Waals surface area contributed by atoms with Gasteiger partial charge < -0.3 is 10.3 Å². The molecule has 2 N–H and O–H groups in total. The van der Waals surface area contributed by atoms with Crippen molar-refractivity contribution >= 4 is 11.3 Å². The number of halogens is 1. The second-order valence-electron chi connectivity index (χ2n) is 5.16. The Bertz CT molecular complexity index is 499. The molecule has 0 aromatic carbocycles. The van der Waals surface area contributed by atoms with Crippen LogP contribution in [0.1, 0.15) is 17.1 Å². The number of imidazole rings is 1. The Morgan fingerprint density at radius 2 is 2.50 bits per heavy atom. The molecular formula is C14H19FN4S. The number of thiophene rings is 1. The van der Waals surface area contributed by atoms with Gasteiger partial charge in [0.25, 0.3) is 0 Å². The van der Waals surface area contributed by atoms with E-state index < -0.39 is 6.17 Å². The van der Waals surface area contributed by atoms with Gasteiger partial charge in [-0.2, -0.15) is 0 Å². The molecule has 20 heavy (non-hydrogen) atoms. The quantitative estimate of drug-likeness (QED) is 0.858. The fourth-order valence-corrected chi connectivity index (χ4v) is 3.41. The molecule has 1 aliphatic heterocycles. The van der Waals surface area contributed by atoms with E-state index in [0.717, 1.165) is 18.9 Å². The molecule has 1 saturated heterocycles. The van der Waals surface area contributed by atoms with Crippen molar-refractivity contribution in [2.75, 3.05) is 13.1 Å². The van der Waals surface area contributed by atoms with E-state index in [1.165, 1.54) is 4.88 Å². The normalized spacial score (nSPS) is 23.4. The number of H-pyrrole nitrogens is 1. The summed E-state index contributed by atoms with van der Waals surface area (Å²) in [7, 11) is 0. The number of rotatable bonds is 6. The van der Waals surface area contributed by atoms with Gasteiger partial charge in [0.05, 0.1) is 6.54 Å². The van der Waals surface area contributed by atoms with Crippen LogP contribution in [0.2, 0.25) is 0 Å². The minimum atomic E-state index is -0.703. The van der Waals surface area contributed by atoms with E-state index in [-0.39, 0.29) is 6.04 Å². The van der Waals surface area contributed by atoms with Crippen LogP contribution < -0.4 is 5.32 Å². The Labute approximate surface area is 122 Å². The zero-order valence-corrected chi connectivity index (χ0v) is 12.1. The molecule has 108 valence electrons. The minimum Gasteiger partial charge on any atom is -0.348 e. The van der Waals surface area contributed by atoms with E-state index in [1.54, 1.807) is 17.5 Å². The first-order valence-electron chi connectivity index (χ1n) is 6.91. The first-order valence-corrected chi connectivity index (χ1v) is 7.78. The van der Waals surface area contributed by atoms with Crippen molar-refractivity contribution in [2.45, 2.75) is 31.7 Å². The number of nitrogens with one attached hydrogen (secondary N) is 2. The molecule has 0 spiro atoms. The van der Waals surface area contributed by atoms with Crippen LogP contribution in [0.25, 0.3) is 0 Å². The van der Waals surface area contributed by atoms with Gasteiger partial charge in [0.2, 0.25) is 0 Å². The minimum absolute atomic E-state index is 0.266. The lowest BCUT2D eigenvalue weighted by atomic mass is 10.2. The van der Waals surface area contributed by atoms with E-state index in [1.807, 2.05) is 12.3 Å². The van der Waals surface area contributed by atoms with E-state index in [2.05, 4.69) is 31.6 Å². The van der Waals surface area contributed by atoms with Crippen molar-refractivity contribution in [3.05, 3.63) is 40.6 Å². The van der Waals surface area contributed by atoms with Crippen molar-refractivity contribution in [2.24, 2.45) is 0 Å². The number of nitrogens with zero attached hydrogens (tertiary/aromatic N) is 2. The molecule has 0 bridgehead atoms. The number of aromatic amines is 1. The third-order valence-corrected chi connectivity index (χ3v) is 4.50. The van der Waals surface area contributed by atoms with Crippen LogP contribution in [-0.4, -0.2) is 40.2 Å². The average molecular weight is 294 g/mol. The Morgan fingerprint density at radius 3 is 3.25 bits per heavy atom. The van der Waals surface area contributed by atoms with Crippen LogP contribution in [-0.2, 0) is 13.1 Å². The molecule has 6 heteroatoms. The first-order chi connectivity index (χ1) is 9.81. The highest BCUT2D eigenvalue weighted by atomic mass is 32.1. The lowest BCUT2D eigenvalue weighted by Gasteiger charge is -2.23. The molecule has 0 radical (unpaired) electrons. The van der Waals surface area contributed by atoms with Gasteiger partial charge in [0.15, 0.2) is 0 Å². The van der Waals surface area contributed by atoms with Crippen molar-refractivity contribution < 1.29 is 4.39 Å². The van der Waals surface area contributed by atoms with Gasteiger partial charge in [0.1, 0.15) is 12.0 Å². The van der Waals surface area contributed by atoms with Crippen molar-refractivity contribution in [1.29, 1.82) is 0 Å². The lowest BCUT2D eigenvalue weighted by molar-refractivity contribution is 0.232. The Morgan fingerprint density at radius 1 is 1.55 bits per heavy atom. The van der Waals surface area contributed by atoms with E-state index in [9.17, 15) is 4.39 Å². The molecule has 3 rings (SSSR count). The Hall–Kier alpha value is -1.24. The van der Waals surface area contributed by atoms with Gasteiger partial charge in [-0.3, -0.25) is 4.90 Å². The summed E-state index contributed by atoms with van der Waals surface area (Å²) in [5.74, 6) is 0.921. The maximum atomic E-state index is 13.7. The largest absolute Gasteiger partial charge is 0.348 e. The highest BCUT2D eigenvalue weighted by molar-refractivity contribution is 7.09. The molecule has 2 aromatic rings. The van der Waals surface area contributed by atoms with E-state index >= 15 is 0 Å². The van der Waals surface area contributed by atoms with Gasteiger partial charge in [0, 0.05) is 42.9 Å². The van der Waals surface area contributed by atoms with Crippen LogP contribution in [0.15, 0.2) is 29.9 Å². The smallest absolute Gasteiger partial charge is 0.120 e. The summed E-state index contributed by atoms with van der Waals surface area (Å²) in [6.45, 7) is 2.90. The molecule has 1 aliphatic rings. The van der Waals surface area contributed by atoms with E-state index in [0.29, 0.717) is 19.5 Å². The van der Waals surface area contributed by atoms with Crippen molar-refractivity contribution in [1.82, 2.24) is 20.2 Å². The molecule has 2 aromatic heterocycles. The summed E-state index contributed by atoms with van der Waals surface area (Å²) < 4.78 is 13.7. The maximum Gasteiger partial charge on any atom is 0.120 e. The third-order valence-electron chi connectivity index (χ3n) is 3.64. The van der Waals surface area contributed by atoms with Crippen LogP contribution in [0.3, 0.4) is 0 Å². The fraction of sp³-hybridized carbons (Fsp3) is 0.500. The number of hydrogen-bond acceptors (Lipinski definition) is 4. The lowest BCUT2D eigenvalue weighted by Crippen LogP contribution is -2.37. The zero-order chi connectivity index (χ0) is 13.8. The van der Waals surface area contributed by atoms with Crippen LogP contribution in [0.4, 0.5) is 4.39 Å². The SMILES string of the molecule is F[C@H]1C[C@@H](CNCc2ncc[nH]2)N(Cc2cccs2)C1. The maximum absolute atomic E-state index is 13.7. The van der Waals surface area contributed by atoms with Crippen molar-refractivity contribution in [3.63, 3.8) is 0 Å². The summed E-state index contributed by atoms with van der Waals surface area (Å²) in [4.78, 5) is 10.8. The van der Waals surface area contributed by atoms with Gasteiger partial charge in [-0.05, 0) is 17.9 Å². The van der Waals surface area contributed by atoms with E-state index in [4.69, 9.17) is 0 Å². The van der Waals surface area contributed by atoms with Crippen LogP contribution in [0, 0.1) is 0 Å².